The van der Waals surface area contributed by atoms with Crippen LogP contribution < -0.4 is 10.6 Å². The van der Waals surface area contributed by atoms with Gasteiger partial charge in [-0.1, -0.05) is 17.7 Å². The maximum atomic E-state index is 12.0. The van der Waals surface area contributed by atoms with E-state index in [1.54, 1.807) is 17.1 Å². The molecule has 2 N–H and O–H groups in total. The summed E-state index contributed by atoms with van der Waals surface area (Å²) >= 11 is 0. The van der Waals surface area contributed by atoms with E-state index in [0.717, 1.165) is 5.56 Å². The highest BCUT2D eigenvalue weighted by atomic mass is 16.1. The third-order valence-electron chi connectivity index (χ3n) is 3.42. The lowest BCUT2D eigenvalue weighted by atomic mass is 10.1. The zero-order chi connectivity index (χ0) is 16.8. The number of carbonyl (C=O) groups is 1. The molecule has 0 spiro atoms. The van der Waals surface area contributed by atoms with Gasteiger partial charge in [-0.15, -0.1) is 10.2 Å². The van der Waals surface area contributed by atoms with Crippen LogP contribution in [0, 0.1) is 6.92 Å². The molecule has 2 heterocycles. The number of rotatable bonds is 6. The average Bonchev–Trinajstić information content (AvgIpc) is 3.14. The van der Waals surface area contributed by atoms with Crippen molar-refractivity contribution in [3.63, 3.8) is 0 Å². The molecule has 1 aromatic carbocycles. The van der Waals surface area contributed by atoms with Crippen LogP contribution in [0.2, 0.25) is 0 Å². The topological polar surface area (TPSA) is 84.7 Å². The predicted molar refractivity (Wildman–Crippen MR) is 91.2 cm³/mol. The SMILES string of the molecule is Cc1ccc(C(=O)NCCNc2ccc(-n3cccn3)nn2)cc1. The van der Waals surface area contributed by atoms with Crippen LogP contribution in [-0.2, 0) is 0 Å². The maximum absolute atomic E-state index is 12.0. The summed E-state index contributed by atoms with van der Waals surface area (Å²) in [6.45, 7) is 3.05. The number of nitrogens with one attached hydrogen (secondary N) is 2. The van der Waals surface area contributed by atoms with Gasteiger partial charge in [0.2, 0.25) is 0 Å². The summed E-state index contributed by atoms with van der Waals surface area (Å²) in [5.74, 6) is 1.21. The summed E-state index contributed by atoms with van der Waals surface area (Å²) in [6, 6.07) is 13.0. The van der Waals surface area contributed by atoms with E-state index >= 15 is 0 Å². The number of hydrogen-bond donors (Lipinski definition) is 2. The fourth-order valence-electron chi connectivity index (χ4n) is 2.12. The highest BCUT2D eigenvalue weighted by molar-refractivity contribution is 5.94. The van der Waals surface area contributed by atoms with E-state index < -0.39 is 0 Å². The van der Waals surface area contributed by atoms with Gasteiger partial charge in [-0.2, -0.15) is 5.10 Å². The number of anilines is 1. The second kappa shape index (κ2) is 7.36. The molecular weight excluding hydrogens is 304 g/mol. The third kappa shape index (κ3) is 3.95. The van der Waals surface area contributed by atoms with Crippen LogP contribution in [0.4, 0.5) is 5.82 Å². The number of benzene rings is 1. The Hall–Kier alpha value is -3.22. The molecule has 7 heteroatoms. The summed E-state index contributed by atoms with van der Waals surface area (Å²) in [4.78, 5) is 12.0. The number of nitrogens with zero attached hydrogens (tertiary/aromatic N) is 4. The van der Waals surface area contributed by atoms with Crippen LogP contribution >= 0.6 is 0 Å². The second-order valence-corrected chi connectivity index (χ2v) is 5.28. The van der Waals surface area contributed by atoms with Crippen molar-refractivity contribution in [1.82, 2.24) is 25.3 Å². The highest BCUT2D eigenvalue weighted by Gasteiger charge is 2.04. The van der Waals surface area contributed by atoms with Gasteiger partial charge in [0.25, 0.3) is 5.91 Å². The Labute approximate surface area is 139 Å². The van der Waals surface area contributed by atoms with Crippen molar-refractivity contribution in [3.8, 4) is 5.82 Å². The summed E-state index contributed by atoms with van der Waals surface area (Å²) in [5, 5.41) is 18.2. The number of amides is 1. The molecule has 0 fully saturated rings. The standard InChI is InChI=1S/C17H18N6O/c1-13-3-5-14(6-4-13)17(24)19-11-10-18-15-7-8-16(22-21-15)23-12-2-9-20-23/h2-9,12H,10-11H2,1H3,(H,18,21)(H,19,24). The zero-order valence-electron chi connectivity index (χ0n) is 13.3. The van der Waals surface area contributed by atoms with Gasteiger partial charge in [-0.25, -0.2) is 4.68 Å². The number of aryl methyl sites for hydroxylation is 1. The Bertz CT molecular complexity index is 781. The van der Waals surface area contributed by atoms with Crippen LogP contribution in [0.15, 0.2) is 54.9 Å². The van der Waals surface area contributed by atoms with Gasteiger partial charge in [-0.05, 0) is 37.3 Å². The molecule has 3 rings (SSSR count). The maximum Gasteiger partial charge on any atom is 0.251 e. The van der Waals surface area contributed by atoms with Crippen molar-refractivity contribution in [2.75, 3.05) is 18.4 Å². The highest BCUT2D eigenvalue weighted by Crippen LogP contribution is 2.05. The van der Waals surface area contributed by atoms with Crippen LogP contribution in [-0.4, -0.2) is 39.0 Å². The summed E-state index contributed by atoms with van der Waals surface area (Å²) in [5.41, 5.74) is 1.79. The summed E-state index contributed by atoms with van der Waals surface area (Å²) in [6.07, 6.45) is 3.49. The fourth-order valence-corrected chi connectivity index (χ4v) is 2.12. The van der Waals surface area contributed by atoms with Crippen molar-refractivity contribution >= 4 is 11.7 Å². The van der Waals surface area contributed by atoms with Crippen LogP contribution in [0.1, 0.15) is 15.9 Å². The van der Waals surface area contributed by atoms with Gasteiger partial charge >= 0.3 is 0 Å². The number of aromatic nitrogens is 4. The minimum absolute atomic E-state index is 0.0862. The van der Waals surface area contributed by atoms with E-state index in [0.29, 0.717) is 30.3 Å². The minimum Gasteiger partial charge on any atom is -0.367 e. The Morgan fingerprint density at radius 3 is 2.58 bits per heavy atom. The predicted octanol–water partition coefficient (Wildman–Crippen LogP) is 1.81. The Kier molecular flexibility index (Phi) is 4.81. The molecule has 2 aromatic heterocycles. The quantitative estimate of drug-likeness (QED) is 0.676. The van der Waals surface area contributed by atoms with Crippen molar-refractivity contribution in [2.24, 2.45) is 0 Å². The van der Waals surface area contributed by atoms with E-state index in [2.05, 4.69) is 25.9 Å². The first-order chi connectivity index (χ1) is 11.7. The van der Waals surface area contributed by atoms with E-state index in [-0.39, 0.29) is 5.91 Å². The first kappa shape index (κ1) is 15.7. The van der Waals surface area contributed by atoms with Gasteiger partial charge < -0.3 is 10.6 Å². The fraction of sp³-hybridized carbons (Fsp3) is 0.176. The van der Waals surface area contributed by atoms with Gasteiger partial charge in [0.05, 0.1) is 0 Å². The molecule has 0 aliphatic heterocycles. The average molecular weight is 322 g/mol. The largest absolute Gasteiger partial charge is 0.367 e. The molecule has 0 atom stereocenters. The summed E-state index contributed by atoms with van der Waals surface area (Å²) < 4.78 is 1.64. The first-order valence-electron chi connectivity index (χ1n) is 7.65. The van der Waals surface area contributed by atoms with Crippen LogP contribution in [0.25, 0.3) is 5.82 Å². The van der Waals surface area contributed by atoms with E-state index in [4.69, 9.17) is 0 Å². The molecule has 3 aromatic rings. The van der Waals surface area contributed by atoms with E-state index in [1.165, 1.54) is 0 Å². The van der Waals surface area contributed by atoms with Gasteiger partial charge in [0.1, 0.15) is 5.82 Å². The van der Waals surface area contributed by atoms with Crippen molar-refractivity contribution < 1.29 is 4.79 Å². The Balaban J connectivity index is 1.45. The Morgan fingerprint density at radius 2 is 1.92 bits per heavy atom. The van der Waals surface area contributed by atoms with Crippen LogP contribution in [0.5, 0.6) is 0 Å². The lowest BCUT2D eigenvalue weighted by Gasteiger charge is -2.08. The van der Waals surface area contributed by atoms with Gasteiger partial charge in [-0.3, -0.25) is 4.79 Å². The molecule has 0 saturated heterocycles. The third-order valence-corrected chi connectivity index (χ3v) is 3.42. The monoisotopic (exact) mass is 322 g/mol. The van der Waals surface area contributed by atoms with Gasteiger partial charge in [0, 0.05) is 31.0 Å². The number of hydrogen-bond acceptors (Lipinski definition) is 5. The molecular formula is C17H18N6O. The number of carbonyl (C=O) groups excluding carboxylic acids is 1. The molecule has 24 heavy (non-hydrogen) atoms. The second-order valence-electron chi connectivity index (χ2n) is 5.28. The molecule has 0 aliphatic rings. The first-order valence-corrected chi connectivity index (χ1v) is 7.65. The normalized spacial score (nSPS) is 10.4. The molecule has 0 radical (unpaired) electrons. The summed E-state index contributed by atoms with van der Waals surface area (Å²) in [7, 11) is 0. The van der Waals surface area contributed by atoms with E-state index in [1.807, 2.05) is 49.4 Å². The van der Waals surface area contributed by atoms with Crippen molar-refractivity contribution in [3.05, 3.63) is 66.0 Å². The van der Waals surface area contributed by atoms with Crippen molar-refractivity contribution in [2.45, 2.75) is 6.92 Å². The minimum atomic E-state index is -0.0862. The molecule has 0 unspecified atom stereocenters. The van der Waals surface area contributed by atoms with Crippen LogP contribution in [0.3, 0.4) is 0 Å². The Morgan fingerprint density at radius 1 is 1.08 bits per heavy atom. The molecule has 1 amide bonds. The van der Waals surface area contributed by atoms with E-state index in [9.17, 15) is 4.79 Å². The molecule has 0 aliphatic carbocycles. The molecule has 0 bridgehead atoms. The lowest BCUT2D eigenvalue weighted by Crippen LogP contribution is -2.28. The van der Waals surface area contributed by atoms with Crippen molar-refractivity contribution in [1.29, 1.82) is 0 Å². The van der Waals surface area contributed by atoms with Gasteiger partial charge in [0.15, 0.2) is 5.82 Å². The molecule has 122 valence electrons. The zero-order valence-corrected chi connectivity index (χ0v) is 13.3. The molecule has 7 nitrogen and oxygen atoms in total. The lowest BCUT2D eigenvalue weighted by molar-refractivity contribution is 0.0955. The molecule has 0 saturated carbocycles. The smallest absolute Gasteiger partial charge is 0.251 e.